The summed E-state index contributed by atoms with van der Waals surface area (Å²) in [5.74, 6) is 2.44. The van der Waals surface area contributed by atoms with Crippen LogP contribution in [0.3, 0.4) is 0 Å². The fourth-order valence-electron chi connectivity index (χ4n) is 3.26. The third-order valence-corrected chi connectivity index (χ3v) is 4.86. The second-order valence-electron chi connectivity index (χ2n) is 6.01. The predicted octanol–water partition coefficient (Wildman–Crippen LogP) is 4.44. The monoisotopic (exact) mass is 403 g/mol. The summed E-state index contributed by atoms with van der Waals surface area (Å²) in [6, 6.07) is 12.2. The molecule has 1 unspecified atom stereocenters. The van der Waals surface area contributed by atoms with Gasteiger partial charge in [-0.3, -0.25) is 4.90 Å². The number of likely N-dealkylation sites (tertiary alicyclic amines) is 1. The largest absolute Gasteiger partial charge is 0.497 e. The van der Waals surface area contributed by atoms with Gasteiger partial charge in [0.15, 0.2) is 10.4 Å². The van der Waals surface area contributed by atoms with E-state index >= 15 is 0 Å². The SMILES string of the molecule is COc1cccc(C2CCCN2Cc2nnc(-c3ccc(Br)o3)o2)c1. The van der Waals surface area contributed by atoms with Gasteiger partial charge in [0.25, 0.3) is 5.89 Å². The molecule has 4 rings (SSSR count). The molecule has 0 N–H and O–H groups in total. The highest BCUT2D eigenvalue weighted by Crippen LogP contribution is 2.34. The van der Waals surface area contributed by atoms with Crippen LogP contribution >= 0.6 is 15.9 Å². The first-order valence-electron chi connectivity index (χ1n) is 8.19. The van der Waals surface area contributed by atoms with Gasteiger partial charge in [-0.2, -0.15) is 0 Å². The van der Waals surface area contributed by atoms with Gasteiger partial charge in [0.2, 0.25) is 5.89 Å². The first-order chi connectivity index (χ1) is 12.2. The highest BCUT2D eigenvalue weighted by molar-refractivity contribution is 9.10. The maximum Gasteiger partial charge on any atom is 0.283 e. The van der Waals surface area contributed by atoms with Crippen LogP contribution in [0.5, 0.6) is 5.75 Å². The van der Waals surface area contributed by atoms with Crippen molar-refractivity contribution in [2.24, 2.45) is 0 Å². The molecule has 1 atom stereocenters. The molecule has 3 heterocycles. The standard InChI is InChI=1S/C18H18BrN3O3/c1-23-13-5-2-4-12(10-13)14-6-3-9-22(14)11-17-20-21-18(25-17)15-7-8-16(19)24-15/h2,4-5,7-8,10,14H,3,6,9,11H2,1H3. The average molecular weight is 404 g/mol. The number of ether oxygens (including phenoxy) is 1. The molecule has 130 valence electrons. The molecule has 1 aliphatic rings. The topological polar surface area (TPSA) is 64.5 Å². The Bertz CT molecular complexity index is 861. The number of hydrogen-bond donors (Lipinski definition) is 0. The lowest BCUT2D eigenvalue weighted by Crippen LogP contribution is -2.23. The van der Waals surface area contributed by atoms with Crippen molar-refractivity contribution in [1.29, 1.82) is 0 Å². The normalized spacial score (nSPS) is 17.9. The van der Waals surface area contributed by atoms with Crippen LogP contribution < -0.4 is 4.74 Å². The zero-order valence-electron chi connectivity index (χ0n) is 13.8. The molecule has 0 saturated carbocycles. The first kappa shape index (κ1) is 16.4. The minimum absolute atomic E-state index is 0.336. The summed E-state index contributed by atoms with van der Waals surface area (Å²) in [4.78, 5) is 2.37. The van der Waals surface area contributed by atoms with Crippen LogP contribution in [0, 0.1) is 0 Å². The van der Waals surface area contributed by atoms with Crippen LogP contribution in [0.2, 0.25) is 0 Å². The molecule has 25 heavy (non-hydrogen) atoms. The lowest BCUT2D eigenvalue weighted by molar-refractivity contribution is 0.223. The summed E-state index contributed by atoms with van der Waals surface area (Å²) in [5, 5.41) is 8.26. The van der Waals surface area contributed by atoms with Gasteiger partial charge in [0.1, 0.15) is 5.75 Å². The zero-order valence-corrected chi connectivity index (χ0v) is 15.4. The van der Waals surface area contributed by atoms with Gasteiger partial charge in [0.05, 0.1) is 13.7 Å². The molecule has 0 spiro atoms. The third kappa shape index (κ3) is 3.48. The quantitative estimate of drug-likeness (QED) is 0.627. The van der Waals surface area contributed by atoms with E-state index in [4.69, 9.17) is 13.6 Å². The maximum atomic E-state index is 5.77. The fourth-order valence-corrected chi connectivity index (χ4v) is 3.57. The van der Waals surface area contributed by atoms with Gasteiger partial charge in [-0.25, -0.2) is 0 Å². The molecule has 0 amide bonds. The zero-order chi connectivity index (χ0) is 17.2. The summed E-state index contributed by atoms with van der Waals surface area (Å²) >= 11 is 3.28. The molecule has 0 aliphatic carbocycles. The van der Waals surface area contributed by atoms with Crippen molar-refractivity contribution in [2.75, 3.05) is 13.7 Å². The average Bonchev–Trinajstić information content (AvgIpc) is 3.36. The number of aromatic nitrogens is 2. The smallest absolute Gasteiger partial charge is 0.283 e. The summed E-state index contributed by atoms with van der Waals surface area (Å²) in [5.41, 5.74) is 1.26. The number of halogens is 1. The van der Waals surface area contributed by atoms with Crippen molar-refractivity contribution >= 4 is 15.9 Å². The van der Waals surface area contributed by atoms with Crippen LogP contribution in [-0.4, -0.2) is 28.8 Å². The predicted molar refractivity (Wildman–Crippen MR) is 95.1 cm³/mol. The lowest BCUT2D eigenvalue weighted by atomic mass is 10.0. The summed E-state index contributed by atoms with van der Waals surface area (Å²) in [7, 11) is 1.69. The van der Waals surface area contributed by atoms with E-state index < -0.39 is 0 Å². The fraction of sp³-hybridized carbons (Fsp3) is 0.333. The molecule has 6 nitrogen and oxygen atoms in total. The van der Waals surface area contributed by atoms with Crippen LogP contribution in [0.25, 0.3) is 11.7 Å². The molecule has 1 fully saturated rings. The van der Waals surface area contributed by atoms with Gasteiger partial charge in [0, 0.05) is 6.04 Å². The highest BCUT2D eigenvalue weighted by Gasteiger charge is 2.28. The van der Waals surface area contributed by atoms with Gasteiger partial charge in [-0.1, -0.05) is 12.1 Å². The summed E-state index contributed by atoms with van der Waals surface area (Å²) in [6.45, 7) is 1.63. The van der Waals surface area contributed by atoms with E-state index in [1.165, 1.54) is 5.56 Å². The Balaban J connectivity index is 1.51. The molecule has 0 radical (unpaired) electrons. The molecule has 2 aromatic heterocycles. The van der Waals surface area contributed by atoms with E-state index in [1.807, 2.05) is 12.1 Å². The van der Waals surface area contributed by atoms with E-state index in [0.717, 1.165) is 25.1 Å². The first-order valence-corrected chi connectivity index (χ1v) is 8.98. The van der Waals surface area contributed by atoms with Crippen LogP contribution in [0.1, 0.15) is 30.3 Å². The van der Waals surface area contributed by atoms with E-state index in [1.54, 1.807) is 19.2 Å². The second kappa shape index (κ2) is 7.01. The maximum absolute atomic E-state index is 5.77. The number of methoxy groups -OCH3 is 1. The highest BCUT2D eigenvalue weighted by atomic mass is 79.9. The number of hydrogen-bond acceptors (Lipinski definition) is 6. The molecule has 1 aromatic carbocycles. The minimum Gasteiger partial charge on any atom is -0.497 e. The summed E-state index contributed by atoms with van der Waals surface area (Å²) < 4.78 is 17.2. The molecule has 0 bridgehead atoms. The van der Waals surface area contributed by atoms with Crippen molar-refractivity contribution < 1.29 is 13.6 Å². The second-order valence-corrected chi connectivity index (χ2v) is 6.79. The van der Waals surface area contributed by atoms with E-state index in [2.05, 4.69) is 43.2 Å². The van der Waals surface area contributed by atoms with Crippen molar-refractivity contribution in [3.8, 4) is 17.4 Å². The van der Waals surface area contributed by atoms with Crippen LogP contribution in [0.4, 0.5) is 0 Å². The Morgan fingerprint density at radius 3 is 2.96 bits per heavy atom. The number of furan rings is 1. The van der Waals surface area contributed by atoms with E-state index in [0.29, 0.717) is 34.8 Å². The van der Waals surface area contributed by atoms with Crippen molar-refractivity contribution in [3.05, 3.63) is 52.5 Å². The van der Waals surface area contributed by atoms with E-state index in [9.17, 15) is 0 Å². The Hall–Kier alpha value is -2.12. The Labute approximate surface area is 153 Å². The van der Waals surface area contributed by atoms with Crippen LogP contribution in [0.15, 0.2) is 49.9 Å². The van der Waals surface area contributed by atoms with Gasteiger partial charge < -0.3 is 13.6 Å². The van der Waals surface area contributed by atoms with Crippen LogP contribution in [-0.2, 0) is 6.54 Å². The minimum atomic E-state index is 0.336. The van der Waals surface area contributed by atoms with Crippen molar-refractivity contribution in [2.45, 2.75) is 25.4 Å². The van der Waals surface area contributed by atoms with Crippen molar-refractivity contribution in [1.82, 2.24) is 15.1 Å². The molecule has 1 saturated heterocycles. The lowest BCUT2D eigenvalue weighted by Gasteiger charge is -2.23. The number of nitrogens with zero attached hydrogens (tertiary/aromatic N) is 3. The van der Waals surface area contributed by atoms with Gasteiger partial charge >= 0.3 is 0 Å². The van der Waals surface area contributed by atoms with Gasteiger partial charge in [-0.15, -0.1) is 10.2 Å². The van der Waals surface area contributed by atoms with E-state index in [-0.39, 0.29) is 0 Å². The Morgan fingerprint density at radius 2 is 2.16 bits per heavy atom. The Morgan fingerprint density at radius 1 is 1.24 bits per heavy atom. The molecular formula is C18H18BrN3O3. The molecule has 3 aromatic rings. The third-order valence-electron chi connectivity index (χ3n) is 4.43. The number of rotatable bonds is 5. The number of benzene rings is 1. The molecule has 1 aliphatic heterocycles. The molecular weight excluding hydrogens is 386 g/mol. The van der Waals surface area contributed by atoms with Gasteiger partial charge in [-0.05, 0) is 65.1 Å². The molecule has 7 heteroatoms. The van der Waals surface area contributed by atoms with Crippen molar-refractivity contribution in [3.63, 3.8) is 0 Å². The Kier molecular flexibility index (Phi) is 4.59. The summed E-state index contributed by atoms with van der Waals surface area (Å²) in [6.07, 6.45) is 2.26.